The molecule has 2 aromatic carbocycles. The lowest BCUT2D eigenvalue weighted by Gasteiger charge is -2.24. The fourth-order valence-corrected chi connectivity index (χ4v) is 4.74. The van der Waals surface area contributed by atoms with Gasteiger partial charge in [0.1, 0.15) is 0 Å². The summed E-state index contributed by atoms with van der Waals surface area (Å²) < 4.78 is 7.38. The van der Waals surface area contributed by atoms with Crippen LogP contribution in [0.2, 0.25) is 5.02 Å². The van der Waals surface area contributed by atoms with Gasteiger partial charge in [-0.3, -0.25) is 9.36 Å². The zero-order chi connectivity index (χ0) is 21.3. The second-order valence-corrected chi connectivity index (χ2v) is 8.21. The van der Waals surface area contributed by atoms with Gasteiger partial charge < -0.3 is 4.74 Å². The molecule has 0 aliphatic carbocycles. The molecule has 1 aromatic heterocycles. The Kier molecular flexibility index (Phi) is 5.70. The number of nitrogens with zero attached hydrogens (tertiary/aromatic N) is 2. The molecule has 1 unspecified atom stereocenters. The molecule has 1 aliphatic rings. The fraction of sp³-hybridized carbons (Fsp3) is 0.174. The number of hydrogen-bond donors (Lipinski definition) is 0. The Morgan fingerprint density at radius 3 is 2.70 bits per heavy atom. The Morgan fingerprint density at radius 1 is 1.23 bits per heavy atom. The normalized spacial score (nSPS) is 16.2. The summed E-state index contributed by atoms with van der Waals surface area (Å²) in [6.45, 7) is 3.78. The van der Waals surface area contributed by atoms with Crippen molar-refractivity contribution in [2.24, 2.45) is 4.99 Å². The van der Waals surface area contributed by atoms with Crippen molar-refractivity contribution in [1.29, 1.82) is 0 Å². The topological polar surface area (TPSA) is 60.7 Å². The first kappa shape index (κ1) is 20.3. The minimum absolute atomic E-state index is 0.207. The Morgan fingerprint density at radius 2 is 2.00 bits per heavy atom. The highest BCUT2D eigenvalue weighted by Gasteiger charge is 2.33. The number of carbonyl (C=O) groups is 1. The van der Waals surface area contributed by atoms with Gasteiger partial charge in [-0.25, -0.2) is 9.79 Å². The number of ether oxygens (including phenoxy) is 1. The molecule has 0 fully saturated rings. The average molecular weight is 439 g/mol. The van der Waals surface area contributed by atoms with E-state index in [0.29, 0.717) is 25.6 Å². The molecule has 0 bridgehead atoms. The molecule has 152 valence electrons. The number of thiazole rings is 1. The van der Waals surface area contributed by atoms with Crippen LogP contribution in [-0.4, -0.2) is 17.1 Å². The Bertz CT molecular complexity index is 1320. The van der Waals surface area contributed by atoms with Crippen LogP contribution in [0.25, 0.3) is 6.08 Å². The van der Waals surface area contributed by atoms with Crippen LogP contribution < -0.4 is 14.9 Å². The summed E-state index contributed by atoms with van der Waals surface area (Å²) in [6, 6.07) is 16.2. The summed E-state index contributed by atoms with van der Waals surface area (Å²) in [6.07, 6.45) is 1.79. The zero-order valence-electron chi connectivity index (χ0n) is 16.5. The average Bonchev–Trinajstić information content (AvgIpc) is 3.02. The van der Waals surface area contributed by atoms with Gasteiger partial charge in [-0.05, 0) is 43.2 Å². The summed E-state index contributed by atoms with van der Waals surface area (Å²) >= 11 is 7.37. The van der Waals surface area contributed by atoms with Crippen LogP contribution in [0, 0.1) is 0 Å². The molecule has 1 aliphatic heterocycles. The summed E-state index contributed by atoms with van der Waals surface area (Å²) in [5.41, 5.74) is 2.38. The van der Waals surface area contributed by atoms with Crippen LogP contribution in [0.1, 0.15) is 31.0 Å². The van der Waals surface area contributed by atoms with Crippen molar-refractivity contribution in [3.63, 3.8) is 0 Å². The predicted octanol–water partition coefficient (Wildman–Crippen LogP) is 3.45. The third kappa shape index (κ3) is 3.76. The number of halogens is 1. The summed E-state index contributed by atoms with van der Waals surface area (Å²) in [7, 11) is 0. The zero-order valence-corrected chi connectivity index (χ0v) is 18.0. The SMILES string of the molecule is CCOC(=O)C1=C(C)N=c2sc(=Cc3cccc(Cl)c3)c(=O)n2C1c1ccccc1. The van der Waals surface area contributed by atoms with Gasteiger partial charge in [0.15, 0.2) is 4.80 Å². The third-order valence-corrected chi connectivity index (χ3v) is 6.00. The number of carbonyl (C=O) groups excluding carboxylic acids is 1. The van der Waals surface area contributed by atoms with Crippen molar-refractivity contribution in [2.45, 2.75) is 19.9 Å². The minimum Gasteiger partial charge on any atom is -0.463 e. The van der Waals surface area contributed by atoms with Crippen LogP contribution in [0.4, 0.5) is 0 Å². The van der Waals surface area contributed by atoms with Crippen LogP contribution in [0.15, 0.2) is 75.7 Å². The lowest BCUT2D eigenvalue weighted by molar-refractivity contribution is -0.139. The number of allylic oxidation sites excluding steroid dienone is 1. The van der Waals surface area contributed by atoms with E-state index in [4.69, 9.17) is 16.3 Å². The van der Waals surface area contributed by atoms with Gasteiger partial charge in [-0.1, -0.05) is 65.4 Å². The van der Waals surface area contributed by atoms with E-state index in [1.807, 2.05) is 42.5 Å². The monoisotopic (exact) mass is 438 g/mol. The second-order valence-electron chi connectivity index (χ2n) is 6.77. The van der Waals surface area contributed by atoms with Crippen molar-refractivity contribution in [1.82, 2.24) is 4.57 Å². The lowest BCUT2D eigenvalue weighted by atomic mass is 9.96. The van der Waals surface area contributed by atoms with Gasteiger partial charge in [0.25, 0.3) is 5.56 Å². The number of rotatable bonds is 4. The molecule has 2 heterocycles. The maximum atomic E-state index is 13.4. The highest BCUT2D eigenvalue weighted by molar-refractivity contribution is 7.07. The minimum atomic E-state index is -0.594. The summed E-state index contributed by atoms with van der Waals surface area (Å²) in [5.74, 6) is -0.461. The molecule has 0 radical (unpaired) electrons. The van der Waals surface area contributed by atoms with E-state index in [2.05, 4.69) is 4.99 Å². The number of esters is 1. The Labute approximate surface area is 182 Å². The molecule has 1 atom stereocenters. The van der Waals surface area contributed by atoms with Crippen LogP contribution in [0.3, 0.4) is 0 Å². The van der Waals surface area contributed by atoms with Crippen molar-refractivity contribution in [2.75, 3.05) is 6.61 Å². The molecular weight excluding hydrogens is 420 g/mol. The first-order valence-electron chi connectivity index (χ1n) is 9.49. The molecule has 0 saturated heterocycles. The van der Waals surface area contributed by atoms with Gasteiger partial charge in [0.05, 0.1) is 28.5 Å². The fourth-order valence-electron chi connectivity index (χ4n) is 3.49. The van der Waals surface area contributed by atoms with E-state index in [1.165, 1.54) is 11.3 Å². The molecule has 30 heavy (non-hydrogen) atoms. The van der Waals surface area contributed by atoms with Gasteiger partial charge in [-0.2, -0.15) is 0 Å². The standard InChI is InChI=1S/C23H19ClN2O3S/c1-3-29-22(28)19-14(2)25-23-26(20(19)16-9-5-4-6-10-16)21(27)18(30-23)13-15-8-7-11-17(24)12-15/h4-13,20H,3H2,1-2H3. The molecule has 0 amide bonds. The highest BCUT2D eigenvalue weighted by Crippen LogP contribution is 2.30. The van der Waals surface area contributed by atoms with E-state index in [-0.39, 0.29) is 12.2 Å². The first-order chi connectivity index (χ1) is 14.5. The molecule has 5 nitrogen and oxygen atoms in total. The molecule has 0 saturated carbocycles. The third-order valence-electron chi connectivity index (χ3n) is 4.78. The van der Waals surface area contributed by atoms with Crippen LogP contribution in [-0.2, 0) is 9.53 Å². The van der Waals surface area contributed by atoms with Crippen LogP contribution >= 0.6 is 22.9 Å². The molecule has 0 spiro atoms. The molecule has 7 heteroatoms. The number of aromatic nitrogens is 1. The Hall–Kier alpha value is -2.96. The van der Waals surface area contributed by atoms with Gasteiger partial charge in [0, 0.05) is 5.02 Å². The number of benzene rings is 2. The second kappa shape index (κ2) is 8.42. The molecule has 0 N–H and O–H groups in total. The van der Waals surface area contributed by atoms with Crippen LogP contribution in [0.5, 0.6) is 0 Å². The lowest BCUT2D eigenvalue weighted by Crippen LogP contribution is -2.39. The van der Waals surface area contributed by atoms with E-state index in [9.17, 15) is 9.59 Å². The van der Waals surface area contributed by atoms with E-state index in [1.54, 1.807) is 36.6 Å². The van der Waals surface area contributed by atoms with E-state index < -0.39 is 12.0 Å². The molecular formula is C23H19ClN2O3S. The molecule has 3 aromatic rings. The predicted molar refractivity (Wildman–Crippen MR) is 118 cm³/mol. The molecule has 4 rings (SSSR count). The van der Waals surface area contributed by atoms with Crippen molar-refractivity contribution >= 4 is 35.0 Å². The van der Waals surface area contributed by atoms with Crippen molar-refractivity contribution in [3.05, 3.63) is 102 Å². The van der Waals surface area contributed by atoms with E-state index >= 15 is 0 Å². The quantitative estimate of drug-likeness (QED) is 0.586. The van der Waals surface area contributed by atoms with Crippen molar-refractivity contribution in [3.8, 4) is 0 Å². The maximum absolute atomic E-state index is 13.4. The smallest absolute Gasteiger partial charge is 0.338 e. The highest BCUT2D eigenvalue weighted by atomic mass is 35.5. The Balaban J connectivity index is 1.96. The number of hydrogen-bond acceptors (Lipinski definition) is 5. The van der Waals surface area contributed by atoms with E-state index in [0.717, 1.165) is 11.1 Å². The summed E-state index contributed by atoms with van der Waals surface area (Å²) in [5, 5.41) is 0.596. The largest absolute Gasteiger partial charge is 0.463 e. The van der Waals surface area contributed by atoms with Gasteiger partial charge in [0.2, 0.25) is 0 Å². The van der Waals surface area contributed by atoms with Gasteiger partial charge in [-0.15, -0.1) is 0 Å². The van der Waals surface area contributed by atoms with Gasteiger partial charge >= 0.3 is 5.97 Å². The number of fused-ring (bicyclic) bond motifs is 1. The van der Waals surface area contributed by atoms with Crippen molar-refractivity contribution < 1.29 is 9.53 Å². The maximum Gasteiger partial charge on any atom is 0.338 e. The summed E-state index contributed by atoms with van der Waals surface area (Å²) in [4.78, 5) is 31.3. The first-order valence-corrected chi connectivity index (χ1v) is 10.7.